The largest absolute Gasteiger partial charge is 0.508 e. The number of Topliss-reactive ketones (excluding diaryl/α,β-unsaturated/α-hetero) is 1. The van der Waals surface area contributed by atoms with Crippen LogP contribution in [0.3, 0.4) is 0 Å². The first-order chi connectivity index (χ1) is 8.56. The van der Waals surface area contributed by atoms with Gasteiger partial charge in [0, 0.05) is 12.1 Å². The van der Waals surface area contributed by atoms with Crippen LogP contribution in [0.25, 0.3) is 0 Å². The lowest BCUT2D eigenvalue weighted by Gasteiger charge is -2.20. The summed E-state index contributed by atoms with van der Waals surface area (Å²) in [5.41, 5.74) is 0.580. The maximum Gasteiger partial charge on any atom is 0.176 e. The molecule has 1 aromatic carbocycles. The van der Waals surface area contributed by atoms with Gasteiger partial charge >= 0.3 is 0 Å². The molecular weight excluding hydrogens is 228 g/mol. The van der Waals surface area contributed by atoms with Crippen molar-refractivity contribution >= 4 is 5.78 Å². The smallest absolute Gasteiger partial charge is 0.176 e. The summed E-state index contributed by atoms with van der Waals surface area (Å²) in [7, 11) is 0. The fraction of sp³-hybridized carbons (Fsp3) is 0.429. The molecule has 4 heteroatoms. The second kappa shape index (κ2) is 6.77. The summed E-state index contributed by atoms with van der Waals surface area (Å²) in [5.74, 6) is 0.0663. The lowest BCUT2D eigenvalue weighted by atomic mass is 10.1. The Labute approximate surface area is 107 Å². The van der Waals surface area contributed by atoms with Crippen LogP contribution in [0, 0.1) is 17.2 Å². The molecule has 0 aliphatic carbocycles. The summed E-state index contributed by atoms with van der Waals surface area (Å²) in [5, 5.41) is 17.9. The Bertz CT molecular complexity index is 434. The average Bonchev–Trinajstić information content (AvgIpc) is 2.38. The number of hydrogen-bond donors (Lipinski definition) is 1. The first-order valence-corrected chi connectivity index (χ1v) is 6.01. The van der Waals surface area contributed by atoms with Crippen LogP contribution in [0.1, 0.15) is 24.2 Å². The third-order valence-corrected chi connectivity index (χ3v) is 2.76. The molecule has 0 heterocycles. The molecule has 96 valence electrons. The molecule has 1 unspecified atom stereocenters. The number of benzene rings is 1. The molecular formula is C14H18N2O2. The summed E-state index contributed by atoms with van der Waals surface area (Å²) in [6.45, 7) is 5.43. The van der Waals surface area contributed by atoms with Crippen LogP contribution >= 0.6 is 0 Å². The topological polar surface area (TPSA) is 64.3 Å². The van der Waals surface area contributed by atoms with E-state index in [-0.39, 0.29) is 17.5 Å². The van der Waals surface area contributed by atoms with Crippen LogP contribution < -0.4 is 0 Å². The van der Waals surface area contributed by atoms with E-state index < -0.39 is 0 Å². The zero-order valence-electron chi connectivity index (χ0n) is 10.8. The van der Waals surface area contributed by atoms with Crippen LogP contribution in [-0.2, 0) is 0 Å². The van der Waals surface area contributed by atoms with Gasteiger partial charge in [-0.3, -0.25) is 9.69 Å². The van der Waals surface area contributed by atoms with E-state index in [1.54, 1.807) is 12.1 Å². The van der Waals surface area contributed by atoms with Gasteiger partial charge in [-0.1, -0.05) is 6.92 Å². The van der Waals surface area contributed by atoms with E-state index in [1.807, 2.05) is 18.7 Å². The average molecular weight is 246 g/mol. The molecule has 1 aromatic rings. The molecule has 18 heavy (non-hydrogen) atoms. The molecule has 0 bridgehead atoms. The van der Waals surface area contributed by atoms with Crippen molar-refractivity contribution in [3.8, 4) is 11.8 Å². The molecule has 0 saturated carbocycles. The molecule has 0 aliphatic heterocycles. The highest BCUT2D eigenvalue weighted by Gasteiger charge is 2.13. The second-order valence-corrected chi connectivity index (χ2v) is 4.33. The van der Waals surface area contributed by atoms with E-state index in [9.17, 15) is 4.79 Å². The fourth-order valence-electron chi connectivity index (χ4n) is 1.68. The first kappa shape index (κ1) is 14.2. The van der Waals surface area contributed by atoms with Crippen LogP contribution in [0.4, 0.5) is 0 Å². The van der Waals surface area contributed by atoms with Crippen molar-refractivity contribution in [2.45, 2.75) is 13.8 Å². The third kappa shape index (κ3) is 4.19. The molecule has 0 saturated heterocycles. The zero-order valence-corrected chi connectivity index (χ0v) is 10.8. The van der Waals surface area contributed by atoms with E-state index in [0.29, 0.717) is 18.7 Å². The zero-order chi connectivity index (χ0) is 13.5. The highest BCUT2D eigenvalue weighted by atomic mass is 16.3. The Kier molecular flexibility index (Phi) is 5.34. The van der Waals surface area contributed by atoms with Crippen molar-refractivity contribution in [3.05, 3.63) is 29.8 Å². The van der Waals surface area contributed by atoms with Gasteiger partial charge in [0.1, 0.15) is 5.75 Å². The van der Waals surface area contributed by atoms with Crippen molar-refractivity contribution in [2.24, 2.45) is 5.92 Å². The van der Waals surface area contributed by atoms with Crippen LogP contribution in [0.5, 0.6) is 5.75 Å². The molecule has 0 fully saturated rings. The predicted molar refractivity (Wildman–Crippen MR) is 69.3 cm³/mol. The summed E-state index contributed by atoms with van der Waals surface area (Å²) >= 11 is 0. The Balaban J connectivity index is 2.62. The van der Waals surface area contributed by atoms with Crippen molar-refractivity contribution in [3.63, 3.8) is 0 Å². The molecule has 0 aromatic heterocycles. The van der Waals surface area contributed by atoms with Gasteiger partial charge in [-0.25, -0.2) is 0 Å². The van der Waals surface area contributed by atoms with E-state index in [4.69, 9.17) is 10.4 Å². The van der Waals surface area contributed by atoms with Crippen LogP contribution in [0.15, 0.2) is 24.3 Å². The monoisotopic (exact) mass is 246 g/mol. The summed E-state index contributed by atoms with van der Waals surface area (Å²) < 4.78 is 0. The highest BCUT2D eigenvalue weighted by molar-refractivity contribution is 5.97. The SMILES string of the molecule is CCN(CC(=O)c1ccc(O)cc1)CC(C)C#N. The molecule has 0 radical (unpaired) electrons. The van der Waals surface area contributed by atoms with Gasteiger partial charge in [-0.2, -0.15) is 5.26 Å². The predicted octanol–water partition coefficient (Wildman–Crippen LogP) is 2.06. The first-order valence-electron chi connectivity index (χ1n) is 6.01. The Morgan fingerprint density at radius 3 is 2.56 bits per heavy atom. The van der Waals surface area contributed by atoms with Gasteiger partial charge in [0.25, 0.3) is 0 Å². The number of aromatic hydroxyl groups is 1. The maximum absolute atomic E-state index is 12.0. The number of phenolic OH excluding ortho intramolecular Hbond substituents is 1. The number of phenols is 1. The molecule has 1 N–H and O–H groups in total. The summed E-state index contributed by atoms with van der Waals surface area (Å²) in [4.78, 5) is 13.9. The van der Waals surface area contributed by atoms with Crippen LogP contribution in [0.2, 0.25) is 0 Å². The minimum Gasteiger partial charge on any atom is -0.508 e. The third-order valence-electron chi connectivity index (χ3n) is 2.76. The van der Waals surface area contributed by atoms with Gasteiger partial charge in [-0.05, 0) is 37.7 Å². The highest BCUT2D eigenvalue weighted by Crippen LogP contribution is 2.11. The summed E-state index contributed by atoms with van der Waals surface area (Å²) in [6.07, 6.45) is 0. The van der Waals surface area contributed by atoms with Crippen molar-refractivity contribution in [1.29, 1.82) is 5.26 Å². The molecule has 0 spiro atoms. The summed E-state index contributed by atoms with van der Waals surface area (Å²) in [6, 6.07) is 8.39. The lowest BCUT2D eigenvalue weighted by Crippen LogP contribution is -2.33. The number of nitrogens with zero attached hydrogens (tertiary/aromatic N) is 2. The van der Waals surface area contributed by atoms with Crippen molar-refractivity contribution in [2.75, 3.05) is 19.6 Å². The number of ketones is 1. The molecule has 1 rings (SSSR count). The van der Waals surface area contributed by atoms with Gasteiger partial charge in [0.05, 0.1) is 18.5 Å². The number of carbonyl (C=O) groups excluding carboxylic acids is 1. The quantitative estimate of drug-likeness (QED) is 0.780. The second-order valence-electron chi connectivity index (χ2n) is 4.33. The van der Waals surface area contributed by atoms with E-state index in [1.165, 1.54) is 12.1 Å². The normalized spacial score (nSPS) is 12.1. The van der Waals surface area contributed by atoms with Gasteiger partial charge in [-0.15, -0.1) is 0 Å². The lowest BCUT2D eigenvalue weighted by molar-refractivity contribution is 0.0929. The maximum atomic E-state index is 12.0. The van der Waals surface area contributed by atoms with Crippen LogP contribution in [-0.4, -0.2) is 35.4 Å². The Morgan fingerprint density at radius 2 is 2.06 bits per heavy atom. The number of likely N-dealkylation sites (N-methyl/N-ethyl adjacent to an activating group) is 1. The van der Waals surface area contributed by atoms with Crippen molar-refractivity contribution in [1.82, 2.24) is 4.90 Å². The number of hydrogen-bond acceptors (Lipinski definition) is 4. The van der Waals surface area contributed by atoms with Gasteiger partial charge < -0.3 is 5.11 Å². The standard InChI is InChI=1S/C14H18N2O2/c1-3-16(9-11(2)8-15)10-14(18)12-4-6-13(17)7-5-12/h4-7,11,17H,3,9-10H2,1-2H3. The van der Waals surface area contributed by atoms with E-state index in [2.05, 4.69) is 6.07 Å². The molecule has 0 amide bonds. The van der Waals surface area contributed by atoms with E-state index >= 15 is 0 Å². The molecule has 1 atom stereocenters. The molecule has 4 nitrogen and oxygen atoms in total. The van der Waals surface area contributed by atoms with Gasteiger partial charge in [0.2, 0.25) is 0 Å². The fourth-order valence-corrected chi connectivity index (χ4v) is 1.68. The minimum atomic E-state index is -0.0856. The van der Waals surface area contributed by atoms with Gasteiger partial charge in [0.15, 0.2) is 5.78 Å². The Morgan fingerprint density at radius 1 is 1.44 bits per heavy atom. The minimum absolute atomic E-state index is 0.00184. The molecule has 0 aliphatic rings. The number of rotatable bonds is 6. The van der Waals surface area contributed by atoms with E-state index in [0.717, 1.165) is 6.54 Å². The Hall–Kier alpha value is -1.86. The van der Waals surface area contributed by atoms with Crippen molar-refractivity contribution < 1.29 is 9.90 Å². The number of nitriles is 1. The number of carbonyl (C=O) groups is 1.